The number of rotatable bonds is 8. The van der Waals surface area contributed by atoms with Crippen LogP contribution in [0.2, 0.25) is 0 Å². The van der Waals surface area contributed by atoms with Gasteiger partial charge in [-0.2, -0.15) is 0 Å². The first-order chi connectivity index (χ1) is 11.8. The Morgan fingerprint density at radius 3 is 2.00 bits per heavy atom. The summed E-state index contributed by atoms with van der Waals surface area (Å²) in [7, 11) is 1.61. The minimum Gasteiger partial charge on any atom is -0.464 e. The van der Waals surface area contributed by atoms with Crippen LogP contribution in [0.25, 0.3) is 0 Å². The summed E-state index contributed by atoms with van der Waals surface area (Å²) in [6, 6.07) is 19.1. The van der Waals surface area contributed by atoms with E-state index < -0.39 is 6.04 Å². The highest BCUT2D eigenvalue weighted by Gasteiger charge is 2.20. The second-order valence-corrected chi connectivity index (χ2v) is 5.26. The standard InChI is InChI=1S/C20H23NO3/c1-3-24-20(22)18(14-15-23-2)21-19(16-10-6-4-7-11-16)17-12-8-5-9-13-17/h4-13,18H,3,14-15H2,1-2H3. The lowest BCUT2D eigenvalue weighted by atomic mass is 10.0. The van der Waals surface area contributed by atoms with E-state index >= 15 is 0 Å². The van der Waals surface area contributed by atoms with Gasteiger partial charge in [-0.3, -0.25) is 4.99 Å². The van der Waals surface area contributed by atoms with Crippen molar-refractivity contribution in [1.29, 1.82) is 0 Å². The minimum absolute atomic E-state index is 0.320. The van der Waals surface area contributed by atoms with Crippen molar-refractivity contribution < 1.29 is 14.3 Å². The molecule has 0 aliphatic carbocycles. The molecule has 0 heterocycles. The SMILES string of the molecule is CCOC(=O)C(CCOC)N=C(c1ccccc1)c1ccccc1. The predicted molar refractivity (Wildman–Crippen MR) is 95.4 cm³/mol. The van der Waals surface area contributed by atoms with Crippen LogP contribution >= 0.6 is 0 Å². The quantitative estimate of drug-likeness (QED) is 0.551. The van der Waals surface area contributed by atoms with E-state index in [-0.39, 0.29) is 5.97 Å². The molecule has 1 atom stereocenters. The Kier molecular flexibility index (Phi) is 7.18. The van der Waals surface area contributed by atoms with Crippen LogP contribution in [0.4, 0.5) is 0 Å². The molecule has 24 heavy (non-hydrogen) atoms. The fourth-order valence-electron chi connectivity index (χ4n) is 2.37. The van der Waals surface area contributed by atoms with Crippen molar-refractivity contribution in [3.05, 3.63) is 71.8 Å². The highest BCUT2D eigenvalue weighted by atomic mass is 16.5. The van der Waals surface area contributed by atoms with Crippen LogP contribution in [0.1, 0.15) is 24.5 Å². The van der Waals surface area contributed by atoms with Gasteiger partial charge in [0.25, 0.3) is 0 Å². The molecule has 2 aromatic carbocycles. The van der Waals surface area contributed by atoms with Gasteiger partial charge in [0.15, 0.2) is 6.04 Å². The van der Waals surface area contributed by atoms with Gasteiger partial charge >= 0.3 is 5.97 Å². The van der Waals surface area contributed by atoms with Crippen molar-refractivity contribution >= 4 is 11.7 Å². The zero-order chi connectivity index (χ0) is 17.2. The Morgan fingerprint density at radius 2 is 1.54 bits per heavy atom. The first-order valence-electron chi connectivity index (χ1n) is 8.10. The summed E-state index contributed by atoms with van der Waals surface area (Å²) in [5.74, 6) is -0.320. The molecule has 0 aliphatic rings. The molecular formula is C20H23NO3. The van der Waals surface area contributed by atoms with Gasteiger partial charge in [-0.1, -0.05) is 60.7 Å². The Bertz CT molecular complexity index is 612. The molecule has 0 saturated heterocycles. The normalized spacial score (nSPS) is 11.6. The molecule has 4 heteroatoms. The molecule has 0 amide bonds. The summed E-state index contributed by atoms with van der Waals surface area (Å²) in [5.41, 5.74) is 2.72. The van der Waals surface area contributed by atoms with Crippen molar-refractivity contribution in [3.63, 3.8) is 0 Å². The molecule has 2 rings (SSSR count). The number of nitrogens with zero attached hydrogens (tertiary/aromatic N) is 1. The Labute approximate surface area is 143 Å². The van der Waals surface area contributed by atoms with Gasteiger partial charge in [0.05, 0.1) is 12.3 Å². The van der Waals surface area contributed by atoms with Crippen LogP contribution in [0.15, 0.2) is 65.7 Å². The van der Waals surface area contributed by atoms with Crippen LogP contribution in [-0.2, 0) is 14.3 Å². The number of esters is 1. The van der Waals surface area contributed by atoms with Gasteiger partial charge in [0, 0.05) is 31.3 Å². The Hall–Kier alpha value is -2.46. The van der Waals surface area contributed by atoms with E-state index in [1.54, 1.807) is 14.0 Å². The average molecular weight is 325 g/mol. The second kappa shape index (κ2) is 9.63. The molecule has 1 unspecified atom stereocenters. The third kappa shape index (κ3) is 5.03. The molecule has 0 fully saturated rings. The van der Waals surface area contributed by atoms with Crippen LogP contribution in [0.3, 0.4) is 0 Å². The van der Waals surface area contributed by atoms with E-state index in [9.17, 15) is 4.79 Å². The molecule has 2 aromatic rings. The molecular weight excluding hydrogens is 302 g/mol. The number of methoxy groups -OCH3 is 1. The largest absolute Gasteiger partial charge is 0.464 e. The van der Waals surface area contributed by atoms with Crippen molar-refractivity contribution in [2.75, 3.05) is 20.3 Å². The lowest BCUT2D eigenvalue weighted by molar-refractivity contribution is -0.145. The lowest BCUT2D eigenvalue weighted by Crippen LogP contribution is -2.25. The highest BCUT2D eigenvalue weighted by molar-refractivity contribution is 6.13. The number of hydrogen-bond acceptors (Lipinski definition) is 4. The molecule has 0 N–H and O–H groups in total. The Morgan fingerprint density at radius 1 is 1.00 bits per heavy atom. The molecule has 0 radical (unpaired) electrons. The molecule has 0 aromatic heterocycles. The summed E-state index contributed by atoms with van der Waals surface area (Å²) < 4.78 is 10.3. The fraction of sp³-hybridized carbons (Fsp3) is 0.300. The molecule has 126 valence electrons. The predicted octanol–water partition coefficient (Wildman–Crippen LogP) is 3.49. The number of carbonyl (C=O) groups is 1. The monoisotopic (exact) mass is 325 g/mol. The van der Waals surface area contributed by atoms with Crippen LogP contribution in [0, 0.1) is 0 Å². The molecule has 4 nitrogen and oxygen atoms in total. The first-order valence-corrected chi connectivity index (χ1v) is 8.10. The van der Waals surface area contributed by atoms with Crippen molar-refractivity contribution in [3.8, 4) is 0 Å². The zero-order valence-corrected chi connectivity index (χ0v) is 14.1. The minimum atomic E-state index is -0.583. The van der Waals surface area contributed by atoms with E-state index in [0.29, 0.717) is 19.6 Å². The topological polar surface area (TPSA) is 47.9 Å². The zero-order valence-electron chi connectivity index (χ0n) is 14.1. The summed E-state index contributed by atoms with van der Waals surface area (Å²) >= 11 is 0. The van der Waals surface area contributed by atoms with Gasteiger partial charge in [-0.15, -0.1) is 0 Å². The lowest BCUT2D eigenvalue weighted by Gasteiger charge is -2.15. The second-order valence-electron chi connectivity index (χ2n) is 5.26. The number of ether oxygens (including phenoxy) is 2. The molecule has 0 saturated carbocycles. The summed E-state index contributed by atoms with van der Waals surface area (Å²) in [6.45, 7) is 2.58. The first kappa shape index (κ1) is 17.9. The van der Waals surface area contributed by atoms with Crippen LogP contribution in [-0.4, -0.2) is 38.0 Å². The van der Waals surface area contributed by atoms with Gasteiger partial charge < -0.3 is 9.47 Å². The Balaban J connectivity index is 2.42. The maximum absolute atomic E-state index is 12.3. The van der Waals surface area contributed by atoms with Crippen molar-refractivity contribution in [2.24, 2.45) is 4.99 Å². The molecule has 0 bridgehead atoms. The summed E-state index contributed by atoms with van der Waals surface area (Å²) in [6.07, 6.45) is 0.485. The number of aliphatic imine (C=N–C) groups is 1. The summed E-state index contributed by atoms with van der Waals surface area (Å²) in [4.78, 5) is 17.0. The van der Waals surface area contributed by atoms with E-state index in [2.05, 4.69) is 0 Å². The number of hydrogen-bond donors (Lipinski definition) is 0. The van der Waals surface area contributed by atoms with Crippen molar-refractivity contribution in [2.45, 2.75) is 19.4 Å². The number of benzene rings is 2. The van der Waals surface area contributed by atoms with Gasteiger partial charge in [-0.25, -0.2) is 4.79 Å². The third-order valence-electron chi connectivity index (χ3n) is 3.53. The molecule has 0 aliphatic heterocycles. The van der Waals surface area contributed by atoms with E-state index in [4.69, 9.17) is 14.5 Å². The fourth-order valence-corrected chi connectivity index (χ4v) is 2.37. The van der Waals surface area contributed by atoms with E-state index in [0.717, 1.165) is 16.8 Å². The van der Waals surface area contributed by atoms with Gasteiger partial charge in [0.1, 0.15) is 0 Å². The maximum Gasteiger partial charge on any atom is 0.330 e. The third-order valence-corrected chi connectivity index (χ3v) is 3.53. The number of carbonyl (C=O) groups excluding carboxylic acids is 1. The van der Waals surface area contributed by atoms with Crippen LogP contribution in [0.5, 0.6) is 0 Å². The van der Waals surface area contributed by atoms with Gasteiger partial charge in [-0.05, 0) is 6.92 Å². The van der Waals surface area contributed by atoms with Crippen molar-refractivity contribution in [1.82, 2.24) is 0 Å². The molecule has 0 spiro atoms. The highest BCUT2D eigenvalue weighted by Crippen LogP contribution is 2.14. The maximum atomic E-state index is 12.3. The average Bonchev–Trinajstić information content (AvgIpc) is 2.63. The van der Waals surface area contributed by atoms with E-state index in [1.165, 1.54) is 0 Å². The van der Waals surface area contributed by atoms with E-state index in [1.807, 2.05) is 60.7 Å². The summed E-state index contributed by atoms with van der Waals surface area (Å²) in [5, 5.41) is 0. The van der Waals surface area contributed by atoms with Gasteiger partial charge in [0.2, 0.25) is 0 Å². The smallest absolute Gasteiger partial charge is 0.330 e. The van der Waals surface area contributed by atoms with Crippen LogP contribution < -0.4 is 0 Å².